The van der Waals surface area contributed by atoms with Crippen LogP contribution in [0.15, 0.2) is 70.6 Å². The molecule has 9 heteroatoms. The number of benzene rings is 3. The highest BCUT2D eigenvalue weighted by molar-refractivity contribution is 7.90. The standard InChI is InChI=1S/C26H25Cl3N2O3S/c1-5-34-22-15-21(29)23(35(4,32)33)14-20(22)24-30-25(2,16-6-10-18(27)11-7-16)26(3,31-24)17-8-12-19(28)13-9-17/h6-15H,5H2,1-4H3,(H,30,31)/t25-,26-/m0/s1. The number of hydrogen-bond acceptors (Lipinski definition) is 5. The Bertz CT molecular complexity index is 1410. The average molecular weight is 552 g/mol. The number of aliphatic imine (C=N–C) groups is 1. The van der Waals surface area contributed by atoms with Crippen LogP contribution in [0.3, 0.4) is 0 Å². The topological polar surface area (TPSA) is 67.8 Å². The van der Waals surface area contributed by atoms with Gasteiger partial charge in [-0.25, -0.2) is 8.42 Å². The second kappa shape index (κ2) is 9.32. The first kappa shape index (κ1) is 25.8. The quantitative estimate of drug-likeness (QED) is 0.373. The van der Waals surface area contributed by atoms with Gasteiger partial charge in [-0.1, -0.05) is 59.1 Å². The van der Waals surface area contributed by atoms with E-state index in [-0.39, 0.29) is 9.92 Å². The number of nitrogens with one attached hydrogen (secondary N) is 1. The molecule has 2 atom stereocenters. The van der Waals surface area contributed by atoms with Crippen molar-refractivity contribution in [3.63, 3.8) is 0 Å². The van der Waals surface area contributed by atoms with Crippen molar-refractivity contribution in [2.75, 3.05) is 12.9 Å². The zero-order valence-corrected chi connectivity index (χ0v) is 22.8. The first-order valence-electron chi connectivity index (χ1n) is 11.0. The van der Waals surface area contributed by atoms with Crippen molar-refractivity contribution in [1.82, 2.24) is 5.32 Å². The Labute approximate surface area is 221 Å². The lowest BCUT2D eigenvalue weighted by Gasteiger charge is -2.40. The Morgan fingerprint density at radius 1 is 0.914 bits per heavy atom. The SMILES string of the molecule is CCOc1cc(Cl)c(S(C)(=O)=O)cc1C1=N[C@@](C)(c2ccc(Cl)cc2)[C@](C)(c2ccc(Cl)cc2)N1. The summed E-state index contributed by atoms with van der Waals surface area (Å²) < 4.78 is 30.7. The third-order valence-corrected chi connectivity index (χ3v) is 8.56. The molecule has 0 saturated heterocycles. The van der Waals surface area contributed by atoms with Gasteiger partial charge in [0.25, 0.3) is 0 Å². The van der Waals surface area contributed by atoms with Crippen LogP contribution < -0.4 is 10.1 Å². The van der Waals surface area contributed by atoms with Crippen LogP contribution >= 0.6 is 34.8 Å². The minimum atomic E-state index is -3.59. The Balaban J connectivity index is 1.97. The predicted molar refractivity (Wildman–Crippen MR) is 143 cm³/mol. The molecule has 35 heavy (non-hydrogen) atoms. The largest absolute Gasteiger partial charge is 0.493 e. The highest BCUT2D eigenvalue weighted by Crippen LogP contribution is 2.48. The Hall–Kier alpha value is -2.25. The fourth-order valence-corrected chi connectivity index (χ4v) is 5.96. The van der Waals surface area contributed by atoms with Gasteiger partial charge in [0.15, 0.2) is 9.84 Å². The van der Waals surface area contributed by atoms with Gasteiger partial charge in [-0.3, -0.25) is 4.99 Å². The van der Waals surface area contributed by atoms with Crippen molar-refractivity contribution in [3.05, 3.63) is 92.4 Å². The first-order chi connectivity index (χ1) is 16.4. The van der Waals surface area contributed by atoms with Crippen LogP contribution in [-0.4, -0.2) is 27.1 Å². The molecule has 0 fully saturated rings. The number of halogens is 3. The highest BCUT2D eigenvalue weighted by atomic mass is 35.5. The van der Waals surface area contributed by atoms with Crippen molar-refractivity contribution < 1.29 is 13.2 Å². The molecule has 184 valence electrons. The van der Waals surface area contributed by atoms with E-state index < -0.39 is 20.9 Å². The Morgan fingerprint density at radius 3 is 1.97 bits per heavy atom. The summed E-state index contributed by atoms with van der Waals surface area (Å²) in [5, 5.41) is 4.92. The summed E-state index contributed by atoms with van der Waals surface area (Å²) >= 11 is 18.7. The van der Waals surface area contributed by atoms with Crippen molar-refractivity contribution in [2.45, 2.75) is 36.7 Å². The van der Waals surface area contributed by atoms with Crippen LogP contribution in [-0.2, 0) is 20.9 Å². The summed E-state index contributed by atoms with van der Waals surface area (Å²) in [7, 11) is -3.59. The summed E-state index contributed by atoms with van der Waals surface area (Å²) in [6, 6.07) is 18.2. The van der Waals surface area contributed by atoms with Gasteiger partial charge in [-0.2, -0.15) is 0 Å². The van der Waals surface area contributed by atoms with Gasteiger partial charge in [0.05, 0.1) is 27.6 Å². The van der Waals surface area contributed by atoms with Gasteiger partial charge in [0.1, 0.15) is 17.1 Å². The lowest BCUT2D eigenvalue weighted by molar-refractivity contribution is 0.268. The maximum atomic E-state index is 12.4. The van der Waals surface area contributed by atoms with Gasteiger partial charge >= 0.3 is 0 Å². The normalized spacial score (nSPS) is 22.0. The zero-order valence-electron chi connectivity index (χ0n) is 19.7. The molecule has 1 N–H and O–H groups in total. The number of amidine groups is 1. The summed E-state index contributed by atoms with van der Waals surface area (Å²) in [5.41, 5.74) is 0.865. The number of sulfone groups is 1. The van der Waals surface area contributed by atoms with Crippen molar-refractivity contribution >= 4 is 50.5 Å². The lowest BCUT2D eigenvalue weighted by Crippen LogP contribution is -2.50. The fraction of sp³-hybridized carbons (Fsp3) is 0.269. The molecule has 0 radical (unpaired) electrons. The van der Waals surface area contributed by atoms with E-state index in [1.807, 2.05) is 62.4 Å². The van der Waals surface area contributed by atoms with Crippen LogP contribution in [0, 0.1) is 0 Å². The van der Waals surface area contributed by atoms with Gasteiger partial charge < -0.3 is 10.1 Å². The molecular formula is C26H25Cl3N2O3S. The van der Waals surface area contributed by atoms with Gasteiger partial charge in [0, 0.05) is 22.4 Å². The molecule has 1 heterocycles. The molecule has 0 aromatic heterocycles. The maximum absolute atomic E-state index is 12.4. The minimum absolute atomic E-state index is 0.00964. The molecule has 0 unspecified atom stereocenters. The Kier molecular flexibility index (Phi) is 6.88. The molecule has 0 aliphatic carbocycles. The third kappa shape index (κ3) is 4.65. The molecule has 1 aliphatic heterocycles. The van der Waals surface area contributed by atoms with E-state index in [1.165, 1.54) is 12.1 Å². The lowest BCUT2D eigenvalue weighted by atomic mass is 9.72. The summed E-state index contributed by atoms with van der Waals surface area (Å²) in [6.45, 7) is 6.30. The van der Waals surface area contributed by atoms with E-state index in [0.717, 1.165) is 17.4 Å². The molecule has 0 bridgehead atoms. The van der Waals surface area contributed by atoms with Crippen LogP contribution in [0.2, 0.25) is 15.1 Å². The molecule has 3 aromatic carbocycles. The molecule has 0 spiro atoms. The number of hydrogen-bond donors (Lipinski definition) is 1. The number of nitrogens with zero attached hydrogens (tertiary/aromatic N) is 1. The molecule has 0 saturated carbocycles. The zero-order chi connectivity index (χ0) is 25.6. The van der Waals surface area contributed by atoms with E-state index in [1.54, 1.807) is 0 Å². The van der Waals surface area contributed by atoms with Crippen molar-refractivity contribution in [2.24, 2.45) is 4.99 Å². The van der Waals surface area contributed by atoms with E-state index in [0.29, 0.717) is 33.8 Å². The van der Waals surface area contributed by atoms with Gasteiger partial charge in [0.2, 0.25) is 0 Å². The second-order valence-electron chi connectivity index (χ2n) is 8.78. The average Bonchev–Trinajstić information content (AvgIpc) is 3.06. The monoisotopic (exact) mass is 550 g/mol. The van der Waals surface area contributed by atoms with E-state index in [2.05, 4.69) is 12.2 Å². The van der Waals surface area contributed by atoms with Crippen LogP contribution in [0.1, 0.15) is 37.5 Å². The first-order valence-corrected chi connectivity index (χ1v) is 14.0. The van der Waals surface area contributed by atoms with Crippen LogP contribution in [0.4, 0.5) is 0 Å². The fourth-order valence-electron chi connectivity index (χ4n) is 4.39. The molecule has 5 nitrogen and oxygen atoms in total. The Morgan fingerprint density at radius 2 is 1.46 bits per heavy atom. The molecule has 3 aromatic rings. The third-order valence-electron chi connectivity index (χ3n) is 6.49. The summed E-state index contributed by atoms with van der Waals surface area (Å²) in [6.07, 6.45) is 1.12. The molecule has 1 aliphatic rings. The van der Waals surface area contributed by atoms with E-state index >= 15 is 0 Å². The highest BCUT2D eigenvalue weighted by Gasteiger charge is 2.52. The maximum Gasteiger partial charge on any atom is 0.177 e. The van der Waals surface area contributed by atoms with Gasteiger partial charge in [-0.15, -0.1) is 0 Å². The van der Waals surface area contributed by atoms with E-state index in [9.17, 15) is 8.42 Å². The smallest absolute Gasteiger partial charge is 0.177 e. The molecular weight excluding hydrogens is 527 g/mol. The van der Waals surface area contributed by atoms with Crippen molar-refractivity contribution in [3.8, 4) is 5.75 Å². The summed E-state index contributed by atoms with van der Waals surface area (Å²) in [5.74, 6) is 0.930. The predicted octanol–water partition coefficient (Wildman–Crippen LogP) is 6.63. The van der Waals surface area contributed by atoms with Crippen molar-refractivity contribution in [1.29, 1.82) is 0 Å². The van der Waals surface area contributed by atoms with Crippen LogP contribution in [0.25, 0.3) is 0 Å². The number of ether oxygens (including phenoxy) is 1. The second-order valence-corrected chi connectivity index (χ2v) is 12.0. The van der Waals surface area contributed by atoms with Crippen LogP contribution in [0.5, 0.6) is 5.75 Å². The minimum Gasteiger partial charge on any atom is -0.493 e. The van der Waals surface area contributed by atoms with Gasteiger partial charge in [-0.05, 0) is 62.2 Å². The summed E-state index contributed by atoms with van der Waals surface area (Å²) in [4.78, 5) is 5.16. The number of rotatable bonds is 6. The molecule has 4 rings (SSSR count). The van der Waals surface area contributed by atoms with E-state index in [4.69, 9.17) is 44.5 Å². The molecule has 0 amide bonds.